The maximum absolute atomic E-state index is 12.0. The number of amides is 2. The molecule has 0 saturated carbocycles. The molecule has 0 rings (SSSR count). The molecule has 0 heterocycles. The molecule has 0 bridgehead atoms. The summed E-state index contributed by atoms with van der Waals surface area (Å²) in [6, 6.07) is 0. The first-order valence-electron chi connectivity index (χ1n) is 9.01. The largest absolute Gasteiger partial charge is 0.327 e. The van der Waals surface area contributed by atoms with Crippen molar-refractivity contribution in [2.24, 2.45) is 0 Å². The molecule has 0 atom stereocenters. The molecule has 33 heavy (non-hydrogen) atoms. The highest BCUT2D eigenvalue weighted by molar-refractivity contribution is 6.97. The number of carbonyl (C=O) groups excluding carboxylic acids is 4. The van der Waals surface area contributed by atoms with E-state index >= 15 is 0 Å². The first-order chi connectivity index (χ1) is 14.7. The van der Waals surface area contributed by atoms with Gasteiger partial charge in [-0.25, -0.2) is 0 Å². The van der Waals surface area contributed by atoms with Crippen LogP contribution in [0.15, 0.2) is 75.9 Å². The summed E-state index contributed by atoms with van der Waals surface area (Å²) in [4.78, 5) is 45.6. The van der Waals surface area contributed by atoms with Gasteiger partial charge < -0.3 is 15.1 Å². The number of nitrogens with one attached hydrogen (secondary N) is 1. The minimum absolute atomic E-state index is 0. The van der Waals surface area contributed by atoms with Gasteiger partial charge in [-0.1, -0.05) is 51.3 Å². The zero-order chi connectivity index (χ0) is 24.7. The predicted octanol–water partition coefficient (Wildman–Crippen LogP) is 4.13. The molecule has 2 amide bonds. The second-order valence-corrected chi connectivity index (χ2v) is 6.04. The van der Waals surface area contributed by atoms with Crippen LogP contribution in [0.5, 0.6) is 0 Å². The van der Waals surface area contributed by atoms with Gasteiger partial charge in [0.25, 0.3) is 0 Å². The highest BCUT2D eigenvalue weighted by Crippen LogP contribution is 1.98. The number of hydrogen-bond acceptors (Lipinski definition) is 5. The van der Waals surface area contributed by atoms with E-state index < -0.39 is 22.3 Å². The molecule has 188 valence electrons. The van der Waals surface area contributed by atoms with E-state index in [0.29, 0.717) is 26.2 Å². The van der Waals surface area contributed by atoms with Crippen LogP contribution in [0.1, 0.15) is 14.9 Å². The molecule has 7 nitrogen and oxygen atoms in total. The third kappa shape index (κ3) is 25.4. The van der Waals surface area contributed by atoms with E-state index in [1.54, 1.807) is 24.3 Å². The number of halogens is 2. The Bertz CT molecular complexity index is 576. The van der Waals surface area contributed by atoms with Crippen molar-refractivity contribution in [3.8, 4) is 0 Å². The van der Waals surface area contributed by atoms with Crippen LogP contribution in [0.2, 0.25) is 0 Å². The maximum Gasteiger partial charge on any atom is 0.312 e. The van der Waals surface area contributed by atoms with Gasteiger partial charge in [0.1, 0.15) is 0 Å². The summed E-state index contributed by atoms with van der Waals surface area (Å²) in [7, 11) is 0. The van der Waals surface area contributed by atoms with Gasteiger partial charge in [-0.15, -0.1) is 39.5 Å². The van der Waals surface area contributed by atoms with Crippen LogP contribution in [-0.2, 0) is 19.2 Å². The predicted molar refractivity (Wildman–Crippen MR) is 142 cm³/mol. The quantitative estimate of drug-likeness (QED) is 0.177. The molecule has 0 radical (unpaired) electrons. The molecule has 0 spiro atoms. The van der Waals surface area contributed by atoms with Gasteiger partial charge >= 0.3 is 22.3 Å². The Morgan fingerprint density at radius 2 is 0.818 bits per heavy atom. The lowest BCUT2D eigenvalue weighted by Gasteiger charge is -2.24. The second kappa shape index (κ2) is 29.3. The fraction of sp³-hybridized carbons (Fsp3) is 0.333. The first-order valence-corrected chi connectivity index (χ1v) is 9.77. The number of nitrogens with zero attached hydrogens (tertiary/aromatic N) is 2. The Morgan fingerprint density at radius 1 is 0.576 bits per heavy atom. The highest BCUT2D eigenvalue weighted by Gasteiger charge is 2.24. The molecule has 0 aromatic heterocycles. The number of hydrogen-bond donors (Lipinski definition) is 1. The average Bonchev–Trinajstić information content (AvgIpc) is 2.73. The molecule has 1 N–H and O–H groups in total. The van der Waals surface area contributed by atoms with Gasteiger partial charge in [0.05, 0.1) is 0 Å². The molecule has 0 aliphatic heterocycles. The van der Waals surface area contributed by atoms with E-state index in [4.69, 9.17) is 0 Å². The van der Waals surface area contributed by atoms with Crippen molar-refractivity contribution in [2.75, 3.05) is 39.3 Å². The average molecular weight is 504 g/mol. The van der Waals surface area contributed by atoms with Gasteiger partial charge in [0, 0.05) is 39.3 Å². The van der Waals surface area contributed by atoms with Crippen LogP contribution < -0.4 is 5.32 Å². The smallest absolute Gasteiger partial charge is 0.312 e. The van der Waals surface area contributed by atoms with Crippen molar-refractivity contribution in [3.63, 3.8) is 0 Å². The van der Waals surface area contributed by atoms with Crippen molar-refractivity contribution in [1.82, 2.24) is 15.1 Å². The van der Waals surface area contributed by atoms with E-state index in [1.807, 2.05) is 12.2 Å². The normalized spacial score (nSPS) is 8.06. The Labute approximate surface area is 209 Å². The Morgan fingerprint density at radius 3 is 0.970 bits per heavy atom. The van der Waals surface area contributed by atoms with Gasteiger partial charge in [0.15, 0.2) is 0 Å². The van der Waals surface area contributed by atoms with E-state index in [9.17, 15) is 19.2 Å². The van der Waals surface area contributed by atoms with Gasteiger partial charge in [-0.3, -0.25) is 19.2 Å². The van der Waals surface area contributed by atoms with Crippen LogP contribution >= 0.6 is 23.2 Å². The minimum Gasteiger partial charge on any atom is -0.327 e. The summed E-state index contributed by atoms with van der Waals surface area (Å²) in [6.07, 6.45) is 9.92. The summed E-state index contributed by atoms with van der Waals surface area (Å²) < 4.78 is 0. The third-order valence-corrected chi connectivity index (χ3v) is 3.33. The Hall–Kier alpha value is -2.74. The van der Waals surface area contributed by atoms with Crippen LogP contribution in [0, 0.1) is 0 Å². The van der Waals surface area contributed by atoms with Crippen molar-refractivity contribution in [2.45, 2.75) is 14.9 Å². The summed E-state index contributed by atoms with van der Waals surface area (Å²) in [6.45, 7) is 24.3. The standard InChI is InChI=1S/C14H20N2O2.C6H11N.C2Cl2O2.2CH4/c1-5-9-15(10-6-2)13(17)14(18)16(11-7-3)12-8-4;1-3-5-7-6-4-2;3-1(5)2(4)6;;/h5-8H,1-4,9-12H2;3-4,7H,1-2,5-6H2;;2*1H4. The number of carbonyl (C=O) groups is 4. The fourth-order valence-corrected chi connectivity index (χ4v) is 1.66. The summed E-state index contributed by atoms with van der Waals surface area (Å²) in [5.41, 5.74) is 0. The van der Waals surface area contributed by atoms with Gasteiger partial charge in [-0.05, 0) is 23.2 Å². The van der Waals surface area contributed by atoms with Gasteiger partial charge in [-0.2, -0.15) is 0 Å². The Kier molecular flexibility index (Phi) is 36.0. The fourth-order valence-electron chi connectivity index (χ4n) is 1.66. The van der Waals surface area contributed by atoms with E-state index in [0.717, 1.165) is 13.1 Å². The van der Waals surface area contributed by atoms with E-state index in [-0.39, 0.29) is 14.9 Å². The summed E-state index contributed by atoms with van der Waals surface area (Å²) in [5.74, 6) is -1.14. The minimum atomic E-state index is -1.14. The lowest BCUT2D eigenvalue weighted by Crippen LogP contribution is -2.45. The monoisotopic (exact) mass is 503 g/mol. The highest BCUT2D eigenvalue weighted by atomic mass is 35.5. The topological polar surface area (TPSA) is 86.8 Å². The van der Waals surface area contributed by atoms with Crippen LogP contribution in [0.4, 0.5) is 0 Å². The number of rotatable bonds is 13. The third-order valence-electron chi connectivity index (χ3n) is 2.89. The summed E-state index contributed by atoms with van der Waals surface area (Å²) in [5, 5.41) is 0.765. The SMILES string of the molecule is C.C.C=CCN(CC=C)C(=O)C(=O)N(CC=C)CC=C.C=CCNCC=C.O=C(Cl)C(=O)Cl. The molecule has 0 aromatic carbocycles. The maximum atomic E-state index is 12.0. The van der Waals surface area contributed by atoms with E-state index in [2.05, 4.69) is 68.0 Å². The van der Waals surface area contributed by atoms with Gasteiger partial charge in [0.2, 0.25) is 0 Å². The molecular formula is C24H39Cl2N3O4. The zero-order valence-electron chi connectivity index (χ0n) is 17.7. The molecule has 0 aromatic rings. The summed E-state index contributed by atoms with van der Waals surface area (Å²) >= 11 is 8.98. The molecule has 0 aliphatic carbocycles. The van der Waals surface area contributed by atoms with Crippen molar-refractivity contribution < 1.29 is 19.2 Å². The molecule has 0 saturated heterocycles. The lowest BCUT2D eigenvalue weighted by molar-refractivity contribution is -0.150. The molecular weight excluding hydrogens is 465 g/mol. The molecule has 0 unspecified atom stereocenters. The van der Waals surface area contributed by atoms with Crippen molar-refractivity contribution in [3.05, 3.63) is 75.9 Å². The molecule has 9 heteroatoms. The van der Waals surface area contributed by atoms with Crippen molar-refractivity contribution >= 4 is 45.5 Å². The Balaban J connectivity index is -0.000000145. The van der Waals surface area contributed by atoms with Crippen LogP contribution in [-0.4, -0.2) is 71.4 Å². The van der Waals surface area contributed by atoms with Crippen LogP contribution in [0.3, 0.4) is 0 Å². The lowest BCUT2D eigenvalue weighted by atomic mass is 10.3. The van der Waals surface area contributed by atoms with Crippen LogP contribution in [0.25, 0.3) is 0 Å². The molecule has 0 fully saturated rings. The second-order valence-electron chi connectivity index (χ2n) is 5.36. The first kappa shape index (κ1) is 40.6. The molecule has 0 aliphatic rings. The zero-order valence-corrected chi connectivity index (χ0v) is 19.2. The van der Waals surface area contributed by atoms with Crippen molar-refractivity contribution in [1.29, 1.82) is 0 Å². The van der Waals surface area contributed by atoms with E-state index in [1.165, 1.54) is 9.80 Å².